The number of nitrogens with one attached hydrogen (secondary N) is 1. The van der Waals surface area contributed by atoms with Gasteiger partial charge in [0, 0.05) is 24.7 Å². The summed E-state index contributed by atoms with van der Waals surface area (Å²) in [4.78, 5) is 25.9. The number of likely N-dealkylation sites (tertiary alicyclic amines) is 1. The van der Waals surface area contributed by atoms with Crippen LogP contribution in [0.2, 0.25) is 0 Å². The topological polar surface area (TPSA) is 83.1 Å². The van der Waals surface area contributed by atoms with Crippen LogP contribution in [-0.2, 0) is 6.54 Å². The van der Waals surface area contributed by atoms with Gasteiger partial charge in [-0.2, -0.15) is 0 Å². The lowest BCUT2D eigenvalue weighted by Gasteiger charge is -2.27. The molecule has 0 spiro atoms. The van der Waals surface area contributed by atoms with Crippen molar-refractivity contribution in [2.24, 2.45) is 0 Å². The number of piperidine rings is 1. The van der Waals surface area contributed by atoms with E-state index in [9.17, 15) is 0 Å². The van der Waals surface area contributed by atoms with Crippen LogP contribution in [0.15, 0.2) is 43.1 Å². The molecule has 8 nitrogen and oxygen atoms in total. The highest BCUT2D eigenvalue weighted by Gasteiger charge is 2.28. The van der Waals surface area contributed by atoms with E-state index in [4.69, 9.17) is 9.72 Å². The molecule has 2 saturated heterocycles. The molecule has 1 aromatic carbocycles. The number of rotatable bonds is 6. The minimum Gasteiger partial charge on any atom is -0.489 e. The van der Waals surface area contributed by atoms with Gasteiger partial charge in [0.2, 0.25) is 0 Å². The van der Waals surface area contributed by atoms with Crippen molar-refractivity contribution in [3.63, 3.8) is 0 Å². The monoisotopic (exact) mass is 443 g/mol. The summed E-state index contributed by atoms with van der Waals surface area (Å²) < 4.78 is 6.41. The Morgan fingerprint density at radius 3 is 2.85 bits per heavy atom. The molecule has 0 aliphatic carbocycles. The fourth-order valence-electron chi connectivity index (χ4n) is 5.26. The fraction of sp³-hybridized carbons (Fsp3) is 0.440. The molecule has 0 saturated carbocycles. The second kappa shape index (κ2) is 8.94. The molecular formula is C25H29N7O. The van der Waals surface area contributed by atoms with Crippen molar-refractivity contribution >= 4 is 27.9 Å². The van der Waals surface area contributed by atoms with Crippen LogP contribution in [-0.4, -0.2) is 62.1 Å². The van der Waals surface area contributed by atoms with Gasteiger partial charge in [-0.25, -0.2) is 15.0 Å². The highest BCUT2D eigenvalue weighted by atomic mass is 16.5. The van der Waals surface area contributed by atoms with E-state index in [2.05, 4.69) is 47.9 Å². The number of imidazole rings is 1. The number of H-pyrrole nitrogens is 1. The molecule has 1 N–H and O–H groups in total. The van der Waals surface area contributed by atoms with E-state index >= 15 is 0 Å². The van der Waals surface area contributed by atoms with Crippen molar-refractivity contribution in [3.8, 4) is 5.75 Å². The van der Waals surface area contributed by atoms with E-state index in [1.54, 1.807) is 12.7 Å². The molecule has 2 aliphatic rings. The van der Waals surface area contributed by atoms with Crippen molar-refractivity contribution in [2.45, 2.75) is 44.7 Å². The molecule has 0 radical (unpaired) electrons. The number of aromatic amines is 1. The van der Waals surface area contributed by atoms with E-state index < -0.39 is 0 Å². The SMILES string of the molecule is c1cnc2c(OC[C@H]3CCCN3c3ncnc4nc[nH]c34)ccc(CN3CCCCC3)c2c1. The maximum absolute atomic E-state index is 6.41. The van der Waals surface area contributed by atoms with Gasteiger partial charge in [0.15, 0.2) is 11.5 Å². The first-order valence-corrected chi connectivity index (χ1v) is 12.0. The van der Waals surface area contributed by atoms with Crippen LogP contribution >= 0.6 is 0 Å². The highest BCUT2D eigenvalue weighted by Crippen LogP contribution is 2.31. The molecule has 0 unspecified atom stereocenters. The lowest BCUT2D eigenvalue weighted by Crippen LogP contribution is -2.35. The molecule has 2 aliphatic heterocycles. The fourth-order valence-corrected chi connectivity index (χ4v) is 5.26. The number of nitrogens with zero attached hydrogens (tertiary/aromatic N) is 6. The van der Waals surface area contributed by atoms with Crippen LogP contribution in [0.25, 0.3) is 22.1 Å². The molecule has 6 rings (SSSR count). The summed E-state index contributed by atoms with van der Waals surface area (Å²) in [6.45, 7) is 4.89. The molecule has 0 amide bonds. The molecule has 2 fully saturated rings. The summed E-state index contributed by atoms with van der Waals surface area (Å²) >= 11 is 0. The number of ether oxygens (including phenoxy) is 1. The van der Waals surface area contributed by atoms with Gasteiger partial charge in [-0.3, -0.25) is 9.88 Å². The molecule has 170 valence electrons. The molecule has 33 heavy (non-hydrogen) atoms. The van der Waals surface area contributed by atoms with Crippen LogP contribution in [0.3, 0.4) is 0 Å². The zero-order valence-corrected chi connectivity index (χ0v) is 18.8. The highest BCUT2D eigenvalue weighted by molar-refractivity contribution is 5.87. The molecule has 3 aromatic heterocycles. The standard InChI is InChI=1S/C25H29N7O/c1-2-11-31(12-3-1)14-18-8-9-21(22-20(18)7-4-10-26-22)33-15-19-6-5-13-32(19)25-23-24(28-16-27-23)29-17-30-25/h4,7-10,16-17,19H,1-3,5-6,11-15H2,(H,27,28,29,30)/t19-/m1/s1. The lowest BCUT2D eigenvalue weighted by molar-refractivity contribution is 0.221. The van der Waals surface area contributed by atoms with Crippen molar-refractivity contribution in [1.29, 1.82) is 0 Å². The first-order valence-electron chi connectivity index (χ1n) is 12.0. The maximum atomic E-state index is 6.41. The maximum Gasteiger partial charge on any atom is 0.182 e. The number of benzene rings is 1. The van der Waals surface area contributed by atoms with Gasteiger partial charge in [0.1, 0.15) is 29.7 Å². The summed E-state index contributed by atoms with van der Waals surface area (Å²) in [5.74, 6) is 1.76. The van der Waals surface area contributed by atoms with E-state index in [0.29, 0.717) is 12.3 Å². The Hall–Kier alpha value is -3.26. The predicted octanol–water partition coefficient (Wildman–Crippen LogP) is 3.93. The Labute approximate surface area is 193 Å². The first-order chi connectivity index (χ1) is 16.4. The first kappa shape index (κ1) is 20.4. The zero-order chi connectivity index (χ0) is 22.0. The summed E-state index contributed by atoms with van der Waals surface area (Å²) in [6.07, 6.45) is 11.3. The van der Waals surface area contributed by atoms with Crippen molar-refractivity contribution in [2.75, 3.05) is 31.1 Å². The summed E-state index contributed by atoms with van der Waals surface area (Å²) in [6, 6.07) is 8.77. The lowest BCUT2D eigenvalue weighted by atomic mass is 10.1. The molecule has 5 heterocycles. The number of hydrogen-bond donors (Lipinski definition) is 1. The number of pyridine rings is 1. The second-order valence-corrected chi connectivity index (χ2v) is 9.06. The van der Waals surface area contributed by atoms with E-state index in [1.165, 1.54) is 43.3 Å². The van der Waals surface area contributed by atoms with Gasteiger partial charge in [0.25, 0.3) is 0 Å². The Kier molecular flexibility index (Phi) is 5.51. The normalized spacial score (nSPS) is 19.5. The van der Waals surface area contributed by atoms with Crippen LogP contribution in [0.1, 0.15) is 37.7 Å². The van der Waals surface area contributed by atoms with Crippen LogP contribution in [0.4, 0.5) is 5.82 Å². The summed E-state index contributed by atoms with van der Waals surface area (Å²) in [5, 5.41) is 1.19. The van der Waals surface area contributed by atoms with Gasteiger partial charge in [-0.05, 0) is 56.5 Å². The summed E-state index contributed by atoms with van der Waals surface area (Å²) in [5.41, 5.74) is 3.87. The molecule has 4 aromatic rings. The molecule has 8 heteroatoms. The molecular weight excluding hydrogens is 414 g/mol. The number of hydrogen-bond acceptors (Lipinski definition) is 7. The van der Waals surface area contributed by atoms with Crippen LogP contribution in [0, 0.1) is 0 Å². The van der Waals surface area contributed by atoms with Crippen LogP contribution < -0.4 is 9.64 Å². The zero-order valence-electron chi connectivity index (χ0n) is 18.8. The number of fused-ring (bicyclic) bond motifs is 2. The van der Waals surface area contributed by atoms with Crippen molar-refractivity contribution < 1.29 is 4.74 Å². The number of aromatic nitrogens is 5. The van der Waals surface area contributed by atoms with E-state index in [-0.39, 0.29) is 6.04 Å². The van der Waals surface area contributed by atoms with Crippen molar-refractivity contribution in [3.05, 3.63) is 48.7 Å². The van der Waals surface area contributed by atoms with Crippen LogP contribution in [0.5, 0.6) is 5.75 Å². The molecule has 1 atom stereocenters. The van der Waals surface area contributed by atoms with E-state index in [1.807, 2.05) is 12.3 Å². The second-order valence-electron chi connectivity index (χ2n) is 9.06. The Morgan fingerprint density at radius 2 is 1.91 bits per heavy atom. The predicted molar refractivity (Wildman–Crippen MR) is 128 cm³/mol. The quantitative estimate of drug-likeness (QED) is 0.483. The van der Waals surface area contributed by atoms with Gasteiger partial charge in [0.05, 0.1) is 12.4 Å². The van der Waals surface area contributed by atoms with Gasteiger partial charge >= 0.3 is 0 Å². The summed E-state index contributed by atoms with van der Waals surface area (Å²) in [7, 11) is 0. The van der Waals surface area contributed by atoms with Gasteiger partial charge in [-0.15, -0.1) is 0 Å². The Bertz CT molecular complexity index is 1250. The Balaban J connectivity index is 1.22. The largest absolute Gasteiger partial charge is 0.489 e. The minimum absolute atomic E-state index is 0.248. The number of anilines is 1. The average molecular weight is 444 g/mol. The van der Waals surface area contributed by atoms with Gasteiger partial charge in [-0.1, -0.05) is 18.6 Å². The minimum atomic E-state index is 0.248. The Morgan fingerprint density at radius 1 is 0.970 bits per heavy atom. The van der Waals surface area contributed by atoms with E-state index in [0.717, 1.165) is 48.5 Å². The third-order valence-corrected chi connectivity index (χ3v) is 6.95. The third kappa shape index (κ3) is 3.99. The third-order valence-electron chi connectivity index (χ3n) is 6.95. The van der Waals surface area contributed by atoms with Crippen molar-refractivity contribution in [1.82, 2.24) is 29.8 Å². The molecule has 0 bridgehead atoms. The smallest absolute Gasteiger partial charge is 0.182 e. The van der Waals surface area contributed by atoms with Gasteiger partial charge < -0.3 is 14.6 Å². The average Bonchev–Trinajstić information content (AvgIpc) is 3.54.